The first-order valence-electron chi connectivity index (χ1n) is 5.15. The molecule has 0 atom stereocenters. The molecule has 0 aliphatic rings. The highest BCUT2D eigenvalue weighted by molar-refractivity contribution is 9.10. The molecule has 0 saturated heterocycles. The van der Waals surface area contributed by atoms with Crippen molar-refractivity contribution < 1.29 is 9.47 Å². The number of halogens is 2. The van der Waals surface area contributed by atoms with Crippen LogP contribution in [0.2, 0.25) is 5.28 Å². The van der Waals surface area contributed by atoms with Crippen molar-refractivity contribution in [3.8, 4) is 17.8 Å². The molecule has 0 saturated carbocycles. The van der Waals surface area contributed by atoms with Gasteiger partial charge in [-0.05, 0) is 42.8 Å². The molecule has 2 aromatic rings. The van der Waals surface area contributed by atoms with E-state index in [9.17, 15) is 0 Å². The van der Waals surface area contributed by atoms with Crippen LogP contribution in [0.3, 0.4) is 0 Å². The minimum absolute atomic E-state index is 0.0283. The quantitative estimate of drug-likeness (QED) is 0.859. The van der Waals surface area contributed by atoms with Crippen molar-refractivity contribution >= 4 is 27.5 Å². The van der Waals surface area contributed by atoms with Crippen LogP contribution >= 0.6 is 27.5 Å². The number of aromatic nitrogens is 3. The maximum atomic E-state index is 5.75. The van der Waals surface area contributed by atoms with E-state index in [1.165, 1.54) is 0 Å². The molecule has 1 aromatic carbocycles. The molecular weight excluding hydrogens is 321 g/mol. The first-order chi connectivity index (χ1) is 8.67. The average Bonchev–Trinajstić information content (AvgIpc) is 2.32. The second-order valence-electron chi connectivity index (χ2n) is 3.16. The van der Waals surface area contributed by atoms with Gasteiger partial charge in [0.2, 0.25) is 5.28 Å². The third-order valence-corrected chi connectivity index (χ3v) is 2.56. The van der Waals surface area contributed by atoms with Gasteiger partial charge in [0, 0.05) is 4.47 Å². The van der Waals surface area contributed by atoms with Crippen molar-refractivity contribution in [2.24, 2.45) is 0 Å². The van der Waals surface area contributed by atoms with Gasteiger partial charge in [0.05, 0.1) is 6.61 Å². The zero-order valence-electron chi connectivity index (χ0n) is 9.43. The number of nitrogens with zero attached hydrogens (tertiary/aromatic N) is 3. The molecule has 18 heavy (non-hydrogen) atoms. The van der Waals surface area contributed by atoms with Crippen LogP contribution in [-0.4, -0.2) is 21.6 Å². The van der Waals surface area contributed by atoms with Gasteiger partial charge in [0.1, 0.15) is 5.75 Å². The van der Waals surface area contributed by atoms with Crippen molar-refractivity contribution in [2.45, 2.75) is 6.92 Å². The zero-order chi connectivity index (χ0) is 13.0. The zero-order valence-corrected chi connectivity index (χ0v) is 11.8. The monoisotopic (exact) mass is 329 g/mol. The molecule has 0 unspecified atom stereocenters. The molecule has 5 nitrogen and oxygen atoms in total. The lowest BCUT2D eigenvalue weighted by molar-refractivity contribution is 0.303. The lowest BCUT2D eigenvalue weighted by Crippen LogP contribution is -2.01. The summed E-state index contributed by atoms with van der Waals surface area (Å²) in [5.41, 5.74) is 0. The molecule has 0 radical (unpaired) electrons. The minimum Gasteiger partial charge on any atom is -0.464 e. The van der Waals surface area contributed by atoms with Gasteiger partial charge in [-0.1, -0.05) is 15.9 Å². The molecule has 0 N–H and O–H groups in total. The summed E-state index contributed by atoms with van der Waals surface area (Å²) in [5, 5.41) is 0.0283. The molecule has 1 aromatic heterocycles. The fourth-order valence-electron chi connectivity index (χ4n) is 1.16. The third-order valence-electron chi connectivity index (χ3n) is 1.86. The van der Waals surface area contributed by atoms with Gasteiger partial charge in [-0.25, -0.2) is 0 Å². The highest BCUT2D eigenvalue weighted by Gasteiger charge is 2.07. The molecular formula is C11H9BrClN3O2. The summed E-state index contributed by atoms with van der Waals surface area (Å²) in [5.74, 6) is 0.600. The molecule has 0 amide bonds. The summed E-state index contributed by atoms with van der Waals surface area (Å²) < 4.78 is 11.6. The Morgan fingerprint density at radius 1 is 1.11 bits per heavy atom. The number of hydrogen-bond donors (Lipinski definition) is 0. The Balaban J connectivity index is 2.20. The van der Waals surface area contributed by atoms with Gasteiger partial charge in [0.25, 0.3) is 0 Å². The Labute approximate surface area is 117 Å². The van der Waals surface area contributed by atoms with E-state index in [-0.39, 0.29) is 17.3 Å². The second kappa shape index (κ2) is 5.97. The van der Waals surface area contributed by atoms with Crippen LogP contribution < -0.4 is 9.47 Å². The van der Waals surface area contributed by atoms with Crippen LogP contribution in [0.25, 0.3) is 0 Å². The van der Waals surface area contributed by atoms with Crippen LogP contribution in [0.15, 0.2) is 28.7 Å². The largest absolute Gasteiger partial charge is 0.464 e. The fourth-order valence-corrected chi connectivity index (χ4v) is 1.57. The number of ether oxygens (including phenoxy) is 2. The first-order valence-corrected chi connectivity index (χ1v) is 6.32. The summed E-state index contributed by atoms with van der Waals surface area (Å²) in [6, 6.07) is 7.50. The maximum Gasteiger partial charge on any atom is 0.329 e. The highest BCUT2D eigenvalue weighted by atomic mass is 79.9. The number of rotatable bonds is 4. The smallest absolute Gasteiger partial charge is 0.329 e. The van der Waals surface area contributed by atoms with E-state index in [1.54, 1.807) is 12.1 Å². The third kappa shape index (κ3) is 3.54. The predicted octanol–water partition coefficient (Wildman–Crippen LogP) is 3.48. The van der Waals surface area contributed by atoms with E-state index in [0.717, 1.165) is 4.47 Å². The minimum atomic E-state index is 0.0283. The van der Waals surface area contributed by atoms with Crippen molar-refractivity contribution in [3.05, 3.63) is 34.0 Å². The van der Waals surface area contributed by atoms with Gasteiger partial charge in [-0.15, -0.1) is 4.98 Å². The van der Waals surface area contributed by atoms with E-state index in [1.807, 2.05) is 19.1 Å². The van der Waals surface area contributed by atoms with Crippen LogP contribution in [0.4, 0.5) is 0 Å². The van der Waals surface area contributed by atoms with E-state index >= 15 is 0 Å². The van der Waals surface area contributed by atoms with E-state index < -0.39 is 0 Å². The van der Waals surface area contributed by atoms with Crippen molar-refractivity contribution in [1.29, 1.82) is 0 Å². The van der Waals surface area contributed by atoms with Crippen molar-refractivity contribution in [3.63, 3.8) is 0 Å². The summed E-state index contributed by atoms with van der Waals surface area (Å²) >= 11 is 9.08. The Bertz CT molecular complexity index is 536. The van der Waals surface area contributed by atoms with Crippen LogP contribution in [-0.2, 0) is 0 Å². The molecule has 2 rings (SSSR count). The van der Waals surface area contributed by atoms with Gasteiger partial charge < -0.3 is 9.47 Å². The van der Waals surface area contributed by atoms with Gasteiger partial charge in [-0.3, -0.25) is 0 Å². The molecule has 0 spiro atoms. The maximum absolute atomic E-state index is 5.75. The Kier molecular flexibility index (Phi) is 4.33. The second-order valence-corrected chi connectivity index (χ2v) is 4.41. The topological polar surface area (TPSA) is 57.1 Å². The van der Waals surface area contributed by atoms with Crippen molar-refractivity contribution in [1.82, 2.24) is 15.0 Å². The van der Waals surface area contributed by atoms with E-state index in [0.29, 0.717) is 12.4 Å². The Morgan fingerprint density at radius 2 is 1.78 bits per heavy atom. The predicted molar refractivity (Wildman–Crippen MR) is 70.2 cm³/mol. The van der Waals surface area contributed by atoms with Crippen molar-refractivity contribution in [2.75, 3.05) is 6.61 Å². The van der Waals surface area contributed by atoms with Gasteiger partial charge in [0.15, 0.2) is 0 Å². The SMILES string of the molecule is CCOc1nc(Cl)nc(Oc2ccc(Br)cc2)n1. The molecule has 0 aliphatic heterocycles. The molecule has 94 valence electrons. The highest BCUT2D eigenvalue weighted by Crippen LogP contribution is 2.22. The lowest BCUT2D eigenvalue weighted by Gasteiger charge is -2.05. The van der Waals surface area contributed by atoms with Gasteiger partial charge in [-0.2, -0.15) is 9.97 Å². The normalized spacial score (nSPS) is 10.2. The number of hydrogen-bond acceptors (Lipinski definition) is 5. The molecule has 7 heteroatoms. The fraction of sp³-hybridized carbons (Fsp3) is 0.182. The molecule has 0 fully saturated rings. The Hall–Kier alpha value is -1.40. The summed E-state index contributed by atoms with van der Waals surface area (Å²) in [6.45, 7) is 2.27. The van der Waals surface area contributed by atoms with Crippen LogP contribution in [0.5, 0.6) is 17.8 Å². The summed E-state index contributed by atoms with van der Waals surface area (Å²) in [4.78, 5) is 11.7. The summed E-state index contributed by atoms with van der Waals surface area (Å²) in [6.07, 6.45) is 0. The van der Waals surface area contributed by atoms with E-state index in [2.05, 4.69) is 30.9 Å². The van der Waals surface area contributed by atoms with Gasteiger partial charge >= 0.3 is 12.0 Å². The van der Waals surface area contributed by atoms with E-state index in [4.69, 9.17) is 21.1 Å². The molecule has 1 heterocycles. The standard InChI is InChI=1S/C11H9BrClN3O2/c1-2-17-10-14-9(13)15-11(16-10)18-8-5-3-7(12)4-6-8/h3-6H,2H2,1H3. The lowest BCUT2D eigenvalue weighted by atomic mass is 10.3. The Morgan fingerprint density at radius 3 is 2.44 bits per heavy atom. The number of benzene rings is 1. The van der Waals surface area contributed by atoms with Crippen LogP contribution in [0, 0.1) is 0 Å². The molecule has 0 bridgehead atoms. The average molecular weight is 331 g/mol. The first kappa shape index (κ1) is 13.0. The summed E-state index contributed by atoms with van der Waals surface area (Å²) in [7, 11) is 0. The molecule has 0 aliphatic carbocycles. The van der Waals surface area contributed by atoms with Crippen LogP contribution in [0.1, 0.15) is 6.92 Å².